The van der Waals surface area contributed by atoms with Gasteiger partial charge in [-0.25, -0.2) is 4.79 Å². The second-order valence-electron chi connectivity index (χ2n) is 8.44. The van der Waals surface area contributed by atoms with Crippen molar-refractivity contribution in [3.05, 3.63) is 100 Å². The summed E-state index contributed by atoms with van der Waals surface area (Å²) in [7, 11) is 0. The topological polar surface area (TPSA) is 92.8 Å². The molecule has 1 unspecified atom stereocenters. The van der Waals surface area contributed by atoms with Gasteiger partial charge in [-0.3, -0.25) is 19.3 Å². The highest BCUT2D eigenvalue weighted by Gasteiger charge is 2.36. The molecule has 4 rings (SSSR count). The number of fused-ring (bicyclic) bond motifs is 1. The van der Waals surface area contributed by atoms with Gasteiger partial charge in [0.05, 0.1) is 23.2 Å². The highest BCUT2D eigenvalue weighted by atomic mass is 16.5. The summed E-state index contributed by atoms with van der Waals surface area (Å²) in [6.45, 7) is 5.52. The van der Waals surface area contributed by atoms with Crippen molar-refractivity contribution in [1.82, 2.24) is 4.90 Å². The number of amides is 3. The lowest BCUT2D eigenvalue weighted by atomic mass is 10.1. The maximum atomic E-state index is 12.9. The highest BCUT2D eigenvalue weighted by Crippen LogP contribution is 2.26. The lowest BCUT2D eigenvalue weighted by Crippen LogP contribution is -2.30. The van der Waals surface area contributed by atoms with E-state index in [2.05, 4.69) is 5.32 Å². The summed E-state index contributed by atoms with van der Waals surface area (Å²) in [4.78, 5) is 52.3. The number of nitrogens with zero attached hydrogens (tertiary/aromatic N) is 1. The highest BCUT2D eigenvalue weighted by molar-refractivity contribution is 6.21. The summed E-state index contributed by atoms with van der Waals surface area (Å²) in [5, 5.41) is 2.85. The second kappa shape index (κ2) is 9.93. The van der Waals surface area contributed by atoms with Crippen molar-refractivity contribution in [1.29, 1.82) is 0 Å². The Morgan fingerprint density at radius 2 is 1.66 bits per heavy atom. The summed E-state index contributed by atoms with van der Waals surface area (Å²) in [6, 6.07) is 19.2. The smallest absolute Gasteiger partial charge is 0.338 e. The molecule has 0 saturated heterocycles. The van der Waals surface area contributed by atoms with Crippen LogP contribution in [0.2, 0.25) is 0 Å². The van der Waals surface area contributed by atoms with Gasteiger partial charge in [0.25, 0.3) is 17.7 Å². The van der Waals surface area contributed by atoms with Crippen molar-refractivity contribution in [3.63, 3.8) is 0 Å². The molecule has 3 aromatic carbocycles. The van der Waals surface area contributed by atoms with Crippen LogP contribution in [0.25, 0.3) is 0 Å². The van der Waals surface area contributed by atoms with Gasteiger partial charge in [0, 0.05) is 5.69 Å². The van der Waals surface area contributed by atoms with E-state index in [0.29, 0.717) is 5.69 Å². The fraction of sp³-hybridized carbons (Fsp3) is 0.214. The van der Waals surface area contributed by atoms with Crippen molar-refractivity contribution >= 4 is 29.4 Å². The SMILES string of the molecule is CCc1cccc(C)c1NC(=O)C(C)OC(=O)c1ccc2c(c1)C(=O)N(Cc1ccccc1)C2=O. The number of esters is 1. The molecule has 0 radical (unpaired) electrons. The Balaban J connectivity index is 1.46. The predicted molar refractivity (Wildman–Crippen MR) is 131 cm³/mol. The molecule has 0 aromatic heterocycles. The molecule has 0 spiro atoms. The molecule has 1 atom stereocenters. The number of para-hydroxylation sites is 1. The van der Waals surface area contributed by atoms with E-state index in [9.17, 15) is 19.2 Å². The van der Waals surface area contributed by atoms with Gasteiger partial charge < -0.3 is 10.1 Å². The number of imide groups is 1. The Hall–Kier alpha value is -4.26. The molecule has 0 saturated carbocycles. The van der Waals surface area contributed by atoms with Gasteiger partial charge in [0.2, 0.25) is 0 Å². The molecule has 0 aliphatic carbocycles. The van der Waals surface area contributed by atoms with Crippen molar-refractivity contribution in [3.8, 4) is 0 Å². The number of anilines is 1. The van der Waals surface area contributed by atoms with Gasteiger partial charge in [-0.2, -0.15) is 0 Å². The first kappa shape index (κ1) is 23.9. The van der Waals surface area contributed by atoms with E-state index in [1.165, 1.54) is 25.1 Å². The van der Waals surface area contributed by atoms with Crippen LogP contribution in [0.5, 0.6) is 0 Å². The Morgan fingerprint density at radius 3 is 2.37 bits per heavy atom. The van der Waals surface area contributed by atoms with E-state index in [1.54, 1.807) is 0 Å². The maximum absolute atomic E-state index is 12.9. The van der Waals surface area contributed by atoms with Crippen molar-refractivity contribution in [2.75, 3.05) is 5.32 Å². The number of aryl methyl sites for hydroxylation is 2. The number of hydrogen-bond acceptors (Lipinski definition) is 5. The molecule has 3 amide bonds. The molecule has 1 N–H and O–H groups in total. The number of hydrogen-bond donors (Lipinski definition) is 1. The normalized spacial score (nSPS) is 13.4. The lowest BCUT2D eigenvalue weighted by molar-refractivity contribution is -0.123. The van der Waals surface area contributed by atoms with E-state index in [-0.39, 0.29) is 23.2 Å². The number of rotatable bonds is 7. The summed E-state index contributed by atoms with van der Waals surface area (Å²) >= 11 is 0. The van der Waals surface area contributed by atoms with Crippen LogP contribution < -0.4 is 5.32 Å². The molecule has 178 valence electrons. The van der Waals surface area contributed by atoms with Gasteiger partial charge in [0.1, 0.15) is 0 Å². The van der Waals surface area contributed by atoms with E-state index in [1.807, 2.05) is 62.4 Å². The van der Waals surface area contributed by atoms with Crippen LogP contribution in [0.4, 0.5) is 5.69 Å². The fourth-order valence-electron chi connectivity index (χ4n) is 4.04. The third-order valence-electron chi connectivity index (χ3n) is 6.03. The summed E-state index contributed by atoms with van der Waals surface area (Å²) in [6.07, 6.45) is -0.318. The van der Waals surface area contributed by atoms with Crippen molar-refractivity contribution < 1.29 is 23.9 Å². The van der Waals surface area contributed by atoms with E-state index < -0.39 is 29.8 Å². The second-order valence-corrected chi connectivity index (χ2v) is 8.44. The van der Waals surface area contributed by atoms with Gasteiger partial charge >= 0.3 is 5.97 Å². The van der Waals surface area contributed by atoms with Crippen LogP contribution in [-0.2, 0) is 22.5 Å². The molecule has 1 heterocycles. The summed E-state index contributed by atoms with van der Waals surface area (Å²) in [5.74, 6) is -2.09. The van der Waals surface area contributed by atoms with E-state index >= 15 is 0 Å². The first-order chi connectivity index (χ1) is 16.8. The van der Waals surface area contributed by atoms with Crippen LogP contribution in [0, 0.1) is 6.92 Å². The first-order valence-corrected chi connectivity index (χ1v) is 11.4. The minimum absolute atomic E-state index is 0.0938. The van der Waals surface area contributed by atoms with Crippen LogP contribution in [0.1, 0.15) is 61.6 Å². The number of nitrogens with one attached hydrogen (secondary N) is 1. The van der Waals surface area contributed by atoms with E-state index in [4.69, 9.17) is 4.74 Å². The zero-order valence-electron chi connectivity index (χ0n) is 19.8. The van der Waals surface area contributed by atoms with E-state index in [0.717, 1.165) is 28.0 Å². The Kier molecular flexibility index (Phi) is 6.78. The first-order valence-electron chi connectivity index (χ1n) is 11.4. The van der Waals surface area contributed by atoms with Crippen LogP contribution in [0.15, 0.2) is 66.7 Å². The van der Waals surface area contributed by atoms with Gasteiger partial charge in [-0.15, -0.1) is 0 Å². The number of carbonyl (C=O) groups excluding carboxylic acids is 4. The summed E-state index contributed by atoms with van der Waals surface area (Å²) in [5.41, 5.74) is 3.90. The lowest BCUT2D eigenvalue weighted by Gasteiger charge is -2.17. The molecule has 0 fully saturated rings. The quantitative estimate of drug-likeness (QED) is 0.404. The largest absolute Gasteiger partial charge is 0.449 e. The van der Waals surface area contributed by atoms with Crippen molar-refractivity contribution in [2.24, 2.45) is 0 Å². The molecule has 1 aliphatic heterocycles. The van der Waals surface area contributed by atoms with Crippen LogP contribution in [0.3, 0.4) is 0 Å². The monoisotopic (exact) mass is 470 g/mol. The summed E-state index contributed by atoms with van der Waals surface area (Å²) < 4.78 is 5.37. The maximum Gasteiger partial charge on any atom is 0.338 e. The van der Waals surface area contributed by atoms with Gasteiger partial charge in [-0.05, 0) is 55.2 Å². The molecule has 35 heavy (non-hydrogen) atoms. The number of ether oxygens (including phenoxy) is 1. The molecule has 7 nitrogen and oxygen atoms in total. The fourth-order valence-corrected chi connectivity index (χ4v) is 4.04. The van der Waals surface area contributed by atoms with Gasteiger partial charge in [0.15, 0.2) is 6.10 Å². The average molecular weight is 471 g/mol. The molecule has 3 aromatic rings. The molecule has 1 aliphatic rings. The Bertz CT molecular complexity index is 1320. The zero-order valence-corrected chi connectivity index (χ0v) is 19.8. The third-order valence-corrected chi connectivity index (χ3v) is 6.03. The van der Waals surface area contributed by atoms with Crippen molar-refractivity contribution in [2.45, 2.75) is 39.8 Å². The Morgan fingerprint density at radius 1 is 0.943 bits per heavy atom. The zero-order chi connectivity index (χ0) is 25.1. The van der Waals surface area contributed by atoms with Crippen LogP contribution >= 0.6 is 0 Å². The Labute approximate surface area is 203 Å². The number of benzene rings is 3. The molecular formula is C28H26N2O5. The van der Waals surface area contributed by atoms with Crippen LogP contribution in [-0.4, -0.2) is 34.7 Å². The molecule has 7 heteroatoms. The molecular weight excluding hydrogens is 444 g/mol. The predicted octanol–water partition coefficient (Wildman–Crippen LogP) is 4.54. The average Bonchev–Trinajstić information content (AvgIpc) is 3.10. The standard InChI is InChI=1S/C28H26N2O5/c1-4-20-12-8-9-17(2)24(20)29-25(31)18(3)35-28(34)21-13-14-22-23(15-21)27(33)30(26(22)32)16-19-10-6-5-7-11-19/h5-15,18H,4,16H2,1-3H3,(H,29,31). The third kappa shape index (κ3) is 4.84. The minimum Gasteiger partial charge on any atom is -0.449 e. The van der Waals surface area contributed by atoms with Gasteiger partial charge in [-0.1, -0.05) is 55.5 Å². The minimum atomic E-state index is -1.06. The molecule has 0 bridgehead atoms. The number of carbonyl (C=O) groups is 4.